The van der Waals surface area contributed by atoms with Crippen LogP contribution in [0.4, 0.5) is 0 Å². The summed E-state index contributed by atoms with van der Waals surface area (Å²) in [6.45, 7) is 2.19. The molecule has 0 saturated carbocycles. The lowest BCUT2D eigenvalue weighted by atomic mass is 10.2. The number of aliphatic hydroxyl groups is 1. The molecule has 0 spiro atoms. The molecule has 1 aromatic carbocycles. The van der Waals surface area contributed by atoms with Crippen molar-refractivity contribution in [3.63, 3.8) is 0 Å². The number of hydrogen-bond acceptors (Lipinski definition) is 4. The molecule has 0 aromatic heterocycles. The Bertz CT molecular complexity index is 400. The van der Waals surface area contributed by atoms with Gasteiger partial charge in [0.25, 0.3) is 5.91 Å². The molecule has 0 saturated heterocycles. The molecule has 98 valence electrons. The molecule has 0 radical (unpaired) electrons. The van der Waals surface area contributed by atoms with Crippen LogP contribution in [0.2, 0.25) is 0 Å². The van der Waals surface area contributed by atoms with E-state index in [1.54, 1.807) is 31.2 Å². The van der Waals surface area contributed by atoms with Crippen LogP contribution in [0, 0.1) is 0 Å². The number of ether oxygens (including phenoxy) is 1. The van der Waals surface area contributed by atoms with Gasteiger partial charge >= 0.3 is 5.97 Å². The van der Waals surface area contributed by atoms with Crippen LogP contribution in [-0.4, -0.2) is 30.1 Å². The minimum atomic E-state index is -0.310. The molecule has 0 bridgehead atoms. The number of rotatable bonds is 6. The van der Waals surface area contributed by atoms with Gasteiger partial charge in [0.05, 0.1) is 0 Å². The molecule has 2 N–H and O–H groups in total. The lowest BCUT2D eigenvalue weighted by molar-refractivity contribution is -0.134. The van der Waals surface area contributed by atoms with Gasteiger partial charge in [0.2, 0.25) is 0 Å². The second-order valence-corrected chi connectivity index (χ2v) is 3.69. The number of benzene rings is 1. The summed E-state index contributed by atoms with van der Waals surface area (Å²) in [4.78, 5) is 22.7. The predicted octanol–water partition coefficient (Wildman–Crippen LogP) is 1.11. The van der Waals surface area contributed by atoms with Crippen molar-refractivity contribution in [2.75, 3.05) is 13.2 Å². The number of esters is 1. The molecular formula is C13H17NO4. The largest absolute Gasteiger partial charge is 0.427 e. The Morgan fingerprint density at radius 1 is 1.28 bits per heavy atom. The first kappa shape index (κ1) is 14.2. The Kier molecular flexibility index (Phi) is 5.87. The van der Waals surface area contributed by atoms with E-state index >= 15 is 0 Å². The molecule has 5 nitrogen and oxygen atoms in total. The molecular weight excluding hydrogens is 234 g/mol. The minimum Gasteiger partial charge on any atom is -0.427 e. The van der Waals surface area contributed by atoms with E-state index in [2.05, 4.69) is 5.32 Å². The fourth-order valence-corrected chi connectivity index (χ4v) is 1.26. The average Bonchev–Trinajstić information content (AvgIpc) is 2.39. The zero-order chi connectivity index (χ0) is 13.4. The van der Waals surface area contributed by atoms with E-state index in [9.17, 15) is 9.59 Å². The Hall–Kier alpha value is -1.88. The van der Waals surface area contributed by atoms with Crippen molar-refractivity contribution in [1.82, 2.24) is 5.32 Å². The van der Waals surface area contributed by atoms with E-state index in [1.807, 2.05) is 0 Å². The van der Waals surface area contributed by atoms with Gasteiger partial charge in [-0.2, -0.15) is 0 Å². The minimum absolute atomic E-state index is 0.0478. The topological polar surface area (TPSA) is 75.6 Å². The fraction of sp³-hybridized carbons (Fsp3) is 0.385. The number of aliphatic hydroxyl groups excluding tert-OH is 1. The Labute approximate surface area is 106 Å². The Morgan fingerprint density at radius 2 is 1.94 bits per heavy atom. The number of carbonyl (C=O) groups is 2. The maximum atomic E-state index is 11.6. The van der Waals surface area contributed by atoms with Gasteiger partial charge < -0.3 is 15.2 Å². The highest BCUT2D eigenvalue weighted by Crippen LogP contribution is 2.12. The van der Waals surface area contributed by atoms with Gasteiger partial charge in [0, 0.05) is 25.1 Å². The summed E-state index contributed by atoms with van der Waals surface area (Å²) in [5.74, 6) is -0.0966. The highest BCUT2D eigenvalue weighted by atomic mass is 16.5. The standard InChI is InChI=1S/C13H17NO4/c1-2-12(16)18-11-6-4-10(5-7-11)13(17)14-8-3-9-15/h4-7,15H,2-3,8-9H2,1H3,(H,14,17). The van der Waals surface area contributed by atoms with Gasteiger partial charge in [-0.1, -0.05) is 6.92 Å². The van der Waals surface area contributed by atoms with Crippen LogP contribution in [0.15, 0.2) is 24.3 Å². The number of nitrogens with one attached hydrogen (secondary N) is 1. The molecule has 1 rings (SSSR count). The van der Waals surface area contributed by atoms with Crippen molar-refractivity contribution in [1.29, 1.82) is 0 Å². The van der Waals surface area contributed by atoms with Crippen LogP contribution >= 0.6 is 0 Å². The van der Waals surface area contributed by atoms with Crippen LogP contribution in [0.5, 0.6) is 5.75 Å². The number of hydrogen-bond donors (Lipinski definition) is 2. The summed E-state index contributed by atoms with van der Waals surface area (Å²) in [6, 6.07) is 6.34. The summed E-state index contributed by atoms with van der Waals surface area (Å²) >= 11 is 0. The van der Waals surface area contributed by atoms with Crippen LogP contribution in [0.1, 0.15) is 30.1 Å². The highest BCUT2D eigenvalue weighted by Gasteiger charge is 2.06. The second-order valence-electron chi connectivity index (χ2n) is 3.69. The molecule has 1 amide bonds. The summed E-state index contributed by atoms with van der Waals surface area (Å²) in [6.07, 6.45) is 0.835. The molecule has 5 heteroatoms. The first-order valence-corrected chi connectivity index (χ1v) is 5.87. The lowest BCUT2D eigenvalue weighted by Crippen LogP contribution is -2.24. The normalized spacial score (nSPS) is 9.89. The Balaban J connectivity index is 2.54. The molecule has 0 atom stereocenters. The monoisotopic (exact) mass is 251 g/mol. The molecule has 1 aromatic rings. The highest BCUT2D eigenvalue weighted by molar-refractivity contribution is 5.94. The fourth-order valence-electron chi connectivity index (χ4n) is 1.26. The van der Waals surface area contributed by atoms with Gasteiger partial charge in [-0.05, 0) is 30.7 Å². The van der Waals surface area contributed by atoms with E-state index in [0.717, 1.165) is 0 Å². The van der Waals surface area contributed by atoms with Crippen molar-refractivity contribution in [2.24, 2.45) is 0 Å². The summed E-state index contributed by atoms with van der Waals surface area (Å²) in [5, 5.41) is 11.3. The van der Waals surface area contributed by atoms with Crippen LogP contribution < -0.4 is 10.1 Å². The molecule has 0 aliphatic heterocycles. The molecule has 0 unspecified atom stereocenters. The van der Waals surface area contributed by atoms with Gasteiger partial charge in [0.1, 0.15) is 5.75 Å². The maximum Gasteiger partial charge on any atom is 0.310 e. The smallest absolute Gasteiger partial charge is 0.310 e. The lowest BCUT2D eigenvalue weighted by Gasteiger charge is -2.05. The summed E-state index contributed by atoms with van der Waals surface area (Å²) in [7, 11) is 0. The zero-order valence-electron chi connectivity index (χ0n) is 10.3. The van der Waals surface area contributed by atoms with Crippen LogP contribution in [0.25, 0.3) is 0 Å². The van der Waals surface area contributed by atoms with Gasteiger partial charge in [-0.15, -0.1) is 0 Å². The Morgan fingerprint density at radius 3 is 2.50 bits per heavy atom. The average molecular weight is 251 g/mol. The molecule has 0 aliphatic rings. The van der Waals surface area contributed by atoms with Crippen LogP contribution in [-0.2, 0) is 4.79 Å². The second kappa shape index (κ2) is 7.45. The summed E-state index contributed by atoms with van der Waals surface area (Å²) in [5.41, 5.74) is 0.490. The van der Waals surface area contributed by atoms with Gasteiger partial charge in [-0.3, -0.25) is 9.59 Å². The molecule has 0 aliphatic carbocycles. The van der Waals surface area contributed by atoms with Crippen molar-refractivity contribution in [3.8, 4) is 5.75 Å². The first-order valence-electron chi connectivity index (χ1n) is 5.87. The van der Waals surface area contributed by atoms with Gasteiger partial charge in [-0.25, -0.2) is 0 Å². The third-order valence-corrected chi connectivity index (χ3v) is 2.26. The van der Waals surface area contributed by atoms with E-state index < -0.39 is 0 Å². The van der Waals surface area contributed by atoms with Crippen molar-refractivity contribution < 1.29 is 19.4 Å². The third-order valence-electron chi connectivity index (χ3n) is 2.26. The SMILES string of the molecule is CCC(=O)Oc1ccc(C(=O)NCCCO)cc1. The third kappa shape index (κ3) is 4.55. The summed E-state index contributed by atoms with van der Waals surface area (Å²) < 4.78 is 4.99. The molecule has 0 heterocycles. The molecule has 0 fully saturated rings. The maximum absolute atomic E-state index is 11.6. The van der Waals surface area contributed by atoms with E-state index in [0.29, 0.717) is 30.7 Å². The van der Waals surface area contributed by atoms with Crippen LogP contribution in [0.3, 0.4) is 0 Å². The quantitative estimate of drug-likeness (QED) is 0.451. The molecule has 18 heavy (non-hydrogen) atoms. The van der Waals surface area contributed by atoms with E-state index in [4.69, 9.17) is 9.84 Å². The number of amides is 1. The van der Waals surface area contributed by atoms with E-state index in [1.165, 1.54) is 0 Å². The van der Waals surface area contributed by atoms with Gasteiger partial charge in [0.15, 0.2) is 0 Å². The van der Waals surface area contributed by atoms with Crippen molar-refractivity contribution in [2.45, 2.75) is 19.8 Å². The number of carbonyl (C=O) groups excluding carboxylic acids is 2. The predicted molar refractivity (Wildman–Crippen MR) is 66.4 cm³/mol. The zero-order valence-corrected chi connectivity index (χ0v) is 10.3. The van der Waals surface area contributed by atoms with E-state index in [-0.39, 0.29) is 18.5 Å². The van der Waals surface area contributed by atoms with Crippen molar-refractivity contribution in [3.05, 3.63) is 29.8 Å². The first-order chi connectivity index (χ1) is 8.67. The van der Waals surface area contributed by atoms with Crippen molar-refractivity contribution >= 4 is 11.9 Å².